The summed E-state index contributed by atoms with van der Waals surface area (Å²) >= 11 is 0. The first-order valence-electron chi connectivity index (χ1n) is 8.04. The van der Waals surface area contributed by atoms with Crippen molar-refractivity contribution in [3.05, 3.63) is 64.5 Å². The quantitative estimate of drug-likeness (QED) is 0.678. The van der Waals surface area contributed by atoms with Gasteiger partial charge in [-0.1, -0.05) is 6.07 Å². The van der Waals surface area contributed by atoms with Crippen molar-refractivity contribution in [1.82, 2.24) is 15.2 Å². The molecule has 0 unspecified atom stereocenters. The van der Waals surface area contributed by atoms with Gasteiger partial charge in [0.25, 0.3) is 5.69 Å². The maximum absolute atomic E-state index is 12.2. The number of carbonyl (C=O) groups excluding carboxylic acids is 1. The SMILES string of the molecule is O=C(NCc1cccnc1)N1CCN(c2ccc([N+](=O)[O-])cc2)CC1. The Morgan fingerprint density at radius 1 is 1.16 bits per heavy atom. The molecule has 1 N–H and O–H groups in total. The molecule has 0 bridgehead atoms. The van der Waals surface area contributed by atoms with Crippen LogP contribution in [0.1, 0.15) is 5.56 Å². The number of nitro groups is 1. The third-order valence-electron chi connectivity index (χ3n) is 4.16. The van der Waals surface area contributed by atoms with Gasteiger partial charge in [0.05, 0.1) is 4.92 Å². The predicted octanol–water partition coefficient (Wildman–Crippen LogP) is 2.02. The lowest BCUT2D eigenvalue weighted by Crippen LogP contribution is -2.51. The zero-order valence-electron chi connectivity index (χ0n) is 13.7. The fourth-order valence-electron chi connectivity index (χ4n) is 2.75. The standard InChI is InChI=1S/C17H19N5O3/c23-17(19-13-14-2-1-7-18-12-14)21-10-8-20(9-11-21)15-3-5-16(6-4-15)22(24)25/h1-7,12H,8-11,13H2,(H,19,23). The van der Waals surface area contributed by atoms with Gasteiger partial charge in [0.2, 0.25) is 0 Å². The molecule has 2 amide bonds. The third kappa shape index (κ3) is 4.23. The van der Waals surface area contributed by atoms with E-state index in [4.69, 9.17) is 0 Å². The van der Waals surface area contributed by atoms with Crippen molar-refractivity contribution in [2.45, 2.75) is 6.54 Å². The van der Waals surface area contributed by atoms with E-state index in [1.54, 1.807) is 29.4 Å². The highest BCUT2D eigenvalue weighted by Gasteiger charge is 2.21. The summed E-state index contributed by atoms with van der Waals surface area (Å²) in [4.78, 5) is 30.5. The molecule has 8 heteroatoms. The molecular formula is C17H19N5O3. The van der Waals surface area contributed by atoms with Gasteiger partial charge < -0.3 is 15.1 Å². The second-order valence-corrected chi connectivity index (χ2v) is 5.77. The van der Waals surface area contributed by atoms with Crippen LogP contribution in [-0.2, 0) is 6.54 Å². The summed E-state index contributed by atoms with van der Waals surface area (Å²) in [6, 6.07) is 10.2. The van der Waals surface area contributed by atoms with Gasteiger partial charge in [-0.2, -0.15) is 0 Å². The number of nitrogens with one attached hydrogen (secondary N) is 1. The monoisotopic (exact) mass is 341 g/mol. The zero-order chi connectivity index (χ0) is 17.6. The van der Waals surface area contributed by atoms with E-state index < -0.39 is 4.92 Å². The number of carbonyl (C=O) groups is 1. The summed E-state index contributed by atoms with van der Waals surface area (Å²) in [7, 11) is 0. The second kappa shape index (κ2) is 7.61. The number of piperazine rings is 1. The smallest absolute Gasteiger partial charge is 0.317 e. The summed E-state index contributed by atoms with van der Waals surface area (Å²) in [5.74, 6) is 0. The second-order valence-electron chi connectivity index (χ2n) is 5.77. The van der Waals surface area contributed by atoms with Crippen molar-refractivity contribution in [3.8, 4) is 0 Å². The highest BCUT2D eigenvalue weighted by Crippen LogP contribution is 2.20. The summed E-state index contributed by atoms with van der Waals surface area (Å²) in [6.45, 7) is 3.05. The molecule has 0 aliphatic carbocycles. The molecule has 1 saturated heterocycles. The Kier molecular flexibility index (Phi) is 5.08. The number of hydrogen-bond acceptors (Lipinski definition) is 5. The molecule has 0 radical (unpaired) electrons. The number of hydrogen-bond donors (Lipinski definition) is 1. The molecule has 1 aromatic heterocycles. The number of benzene rings is 1. The van der Waals surface area contributed by atoms with Crippen molar-refractivity contribution in [2.75, 3.05) is 31.1 Å². The van der Waals surface area contributed by atoms with Crippen LogP contribution >= 0.6 is 0 Å². The Hall–Kier alpha value is -3.16. The number of aromatic nitrogens is 1. The van der Waals surface area contributed by atoms with E-state index in [1.807, 2.05) is 12.1 Å². The number of nitrogens with zero attached hydrogens (tertiary/aromatic N) is 4. The van der Waals surface area contributed by atoms with Crippen LogP contribution in [0, 0.1) is 10.1 Å². The van der Waals surface area contributed by atoms with Gasteiger partial charge >= 0.3 is 6.03 Å². The Morgan fingerprint density at radius 2 is 1.88 bits per heavy atom. The molecule has 3 rings (SSSR count). The summed E-state index contributed by atoms with van der Waals surface area (Å²) in [5, 5.41) is 13.6. The Bertz CT molecular complexity index is 728. The molecule has 1 aromatic carbocycles. The van der Waals surface area contributed by atoms with Gasteiger partial charge in [0.15, 0.2) is 0 Å². The van der Waals surface area contributed by atoms with E-state index in [1.165, 1.54) is 12.1 Å². The predicted molar refractivity (Wildman–Crippen MR) is 93.4 cm³/mol. The van der Waals surface area contributed by atoms with Gasteiger partial charge in [-0.15, -0.1) is 0 Å². The van der Waals surface area contributed by atoms with Crippen molar-refractivity contribution < 1.29 is 9.72 Å². The largest absolute Gasteiger partial charge is 0.368 e. The molecule has 0 saturated carbocycles. The normalized spacial score (nSPS) is 14.2. The molecular weight excluding hydrogens is 322 g/mol. The van der Waals surface area contributed by atoms with Gasteiger partial charge in [0.1, 0.15) is 0 Å². The lowest BCUT2D eigenvalue weighted by atomic mass is 10.2. The molecule has 8 nitrogen and oxygen atoms in total. The van der Waals surface area contributed by atoms with Crippen LogP contribution in [0.4, 0.5) is 16.2 Å². The first-order chi connectivity index (χ1) is 12.1. The van der Waals surface area contributed by atoms with E-state index in [9.17, 15) is 14.9 Å². The van der Waals surface area contributed by atoms with Crippen LogP contribution in [-0.4, -0.2) is 47.0 Å². The first-order valence-corrected chi connectivity index (χ1v) is 8.04. The third-order valence-corrected chi connectivity index (χ3v) is 4.16. The number of pyridine rings is 1. The molecule has 0 atom stereocenters. The van der Waals surface area contributed by atoms with Crippen LogP contribution in [0.2, 0.25) is 0 Å². The van der Waals surface area contributed by atoms with E-state index in [2.05, 4.69) is 15.2 Å². The minimum atomic E-state index is -0.408. The average molecular weight is 341 g/mol. The molecule has 2 heterocycles. The maximum atomic E-state index is 12.2. The van der Waals surface area contributed by atoms with Crippen LogP contribution in [0.5, 0.6) is 0 Å². The molecule has 1 fully saturated rings. The molecule has 0 spiro atoms. The first kappa shape index (κ1) is 16.7. The summed E-state index contributed by atoms with van der Waals surface area (Å²) in [6.07, 6.45) is 3.43. The van der Waals surface area contributed by atoms with Gasteiger partial charge in [-0.25, -0.2) is 4.79 Å². The Balaban J connectivity index is 1.49. The number of nitro benzene ring substituents is 1. The van der Waals surface area contributed by atoms with Crippen molar-refractivity contribution in [2.24, 2.45) is 0 Å². The number of amides is 2. The minimum absolute atomic E-state index is 0.0807. The summed E-state index contributed by atoms with van der Waals surface area (Å²) in [5.41, 5.74) is 1.97. The van der Waals surface area contributed by atoms with Crippen molar-refractivity contribution >= 4 is 17.4 Å². The fraction of sp³-hybridized carbons (Fsp3) is 0.294. The average Bonchev–Trinajstić information content (AvgIpc) is 2.67. The Morgan fingerprint density at radius 3 is 2.48 bits per heavy atom. The Labute approximate surface area is 145 Å². The lowest BCUT2D eigenvalue weighted by molar-refractivity contribution is -0.384. The van der Waals surface area contributed by atoms with E-state index >= 15 is 0 Å². The van der Waals surface area contributed by atoms with Crippen LogP contribution < -0.4 is 10.2 Å². The molecule has 25 heavy (non-hydrogen) atoms. The van der Waals surface area contributed by atoms with Crippen molar-refractivity contribution in [3.63, 3.8) is 0 Å². The number of anilines is 1. The number of non-ortho nitro benzene ring substituents is 1. The highest BCUT2D eigenvalue weighted by molar-refractivity contribution is 5.74. The zero-order valence-corrected chi connectivity index (χ0v) is 13.7. The number of rotatable bonds is 4. The topological polar surface area (TPSA) is 91.6 Å². The maximum Gasteiger partial charge on any atom is 0.317 e. The molecule has 1 aliphatic heterocycles. The molecule has 2 aromatic rings. The van der Waals surface area contributed by atoms with Crippen LogP contribution in [0.15, 0.2) is 48.8 Å². The van der Waals surface area contributed by atoms with Gasteiger partial charge in [-0.3, -0.25) is 15.1 Å². The summed E-state index contributed by atoms with van der Waals surface area (Å²) < 4.78 is 0. The fourth-order valence-corrected chi connectivity index (χ4v) is 2.75. The van der Waals surface area contributed by atoms with Gasteiger partial charge in [-0.05, 0) is 23.8 Å². The van der Waals surface area contributed by atoms with Gasteiger partial charge in [0, 0.05) is 62.9 Å². The van der Waals surface area contributed by atoms with E-state index in [0.717, 1.165) is 11.3 Å². The lowest BCUT2D eigenvalue weighted by Gasteiger charge is -2.36. The van der Waals surface area contributed by atoms with E-state index in [0.29, 0.717) is 32.7 Å². The van der Waals surface area contributed by atoms with E-state index in [-0.39, 0.29) is 11.7 Å². The molecule has 1 aliphatic rings. The highest BCUT2D eigenvalue weighted by atomic mass is 16.6. The van der Waals surface area contributed by atoms with Crippen LogP contribution in [0.25, 0.3) is 0 Å². The van der Waals surface area contributed by atoms with Crippen molar-refractivity contribution in [1.29, 1.82) is 0 Å². The number of urea groups is 1. The van der Waals surface area contributed by atoms with Crippen LogP contribution in [0.3, 0.4) is 0 Å². The minimum Gasteiger partial charge on any atom is -0.368 e. The molecule has 130 valence electrons.